The molecule has 7 rings (SSSR count). The van der Waals surface area contributed by atoms with Gasteiger partial charge in [0.15, 0.2) is 16.9 Å². The first-order valence-electron chi connectivity index (χ1n) is 15.2. The predicted octanol–water partition coefficient (Wildman–Crippen LogP) is 0.319. The fourth-order valence-electron chi connectivity index (χ4n) is 6.98. The zero-order chi connectivity index (χ0) is 35.7. The van der Waals surface area contributed by atoms with Crippen LogP contribution in [0, 0.1) is 10.8 Å². The van der Waals surface area contributed by atoms with Crippen LogP contribution in [0.5, 0.6) is 5.75 Å². The normalized spacial score (nSPS) is 28.0. The Morgan fingerprint density at radius 1 is 1.31 bits per heavy atom. The lowest BCUT2D eigenvalue weighted by atomic mass is 9.40. The monoisotopic (exact) mass is 720 g/mol. The average Bonchev–Trinajstić information content (AvgIpc) is 3.43. The van der Waals surface area contributed by atoms with Gasteiger partial charge in [0.05, 0.1) is 5.54 Å². The molecule has 3 atom stereocenters. The van der Waals surface area contributed by atoms with Crippen LogP contribution in [0.4, 0.5) is 5.13 Å². The molecule has 3 saturated carbocycles. The van der Waals surface area contributed by atoms with Crippen LogP contribution in [0.2, 0.25) is 0 Å². The van der Waals surface area contributed by atoms with E-state index < -0.39 is 57.2 Å². The Morgan fingerprint density at radius 3 is 2.57 bits per heavy atom. The molecule has 1 aromatic heterocycles. The number of carboxylic acids is 1. The van der Waals surface area contributed by atoms with Gasteiger partial charge in [-0.15, -0.1) is 15.6 Å². The molecule has 9 N–H and O–H groups in total. The van der Waals surface area contributed by atoms with E-state index in [2.05, 4.69) is 25.1 Å². The first-order chi connectivity index (χ1) is 22.7. The van der Waals surface area contributed by atoms with Gasteiger partial charge in [-0.1, -0.05) is 5.16 Å². The minimum Gasteiger partial charge on any atom is -0.485 e. The molecular weight excluding hydrogens is 684 g/mol. The maximum Gasteiger partial charge on any atom is 0.418 e. The number of nitrogens with one attached hydrogen (secondary N) is 3. The number of benzene rings is 1. The molecular formula is C29H36N8O10S2. The molecule has 0 spiro atoms. The molecule has 0 radical (unpaired) electrons. The number of ether oxygens (including phenoxy) is 1. The molecule has 5 aliphatic rings. The summed E-state index contributed by atoms with van der Waals surface area (Å²) in [5.41, 5.74) is 9.34. The van der Waals surface area contributed by atoms with Crippen molar-refractivity contribution in [3.8, 4) is 5.75 Å². The summed E-state index contributed by atoms with van der Waals surface area (Å²) in [6, 6.07) is 3.86. The summed E-state index contributed by atoms with van der Waals surface area (Å²) in [5.74, 6) is -2.78. The van der Waals surface area contributed by atoms with Gasteiger partial charge >= 0.3 is 16.4 Å². The SMILES string of the molecule is CC(ON=C(C(=O)NC1C(=O)N(OS(=O)(=O)O)C1(C)C)c1csc(N)n1)(C(=O)O)C1CCc2cc(C(=N)NCC34CC(N)(C3)C4)ccc2O1. The van der Waals surface area contributed by atoms with Gasteiger partial charge in [-0.2, -0.15) is 13.5 Å². The first-order valence-corrected chi connectivity index (χ1v) is 17.4. The molecule has 2 aromatic rings. The van der Waals surface area contributed by atoms with E-state index >= 15 is 0 Å². The summed E-state index contributed by atoms with van der Waals surface area (Å²) in [6.45, 7) is 4.66. The van der Waals surface area contributed by atoms with Crippen LogP contribution < -0.4 is 26.8 Å². The van der Waals surface area contributed by atoms with E-state index in [9.17, 15) is 27.9 Å². The number of oxime groups is 1. The van der Waals surface area contributed by atoms with E-state index in [1.807, 2.05) is 6.07 Å². The number of thiazole rings is 1. The van der Waals surface area contributed by atoms with Crippen LogP contribution in [0.15, 0.2) is 28.7 Å². The zero-order valence-corrected chi connectivity index (χ0v) is 28.3. The fourth-order valence-corrected chi connectivity index (χ4v) is 7.98. The van der Waals surface area contributed by atoms with Crippen LogP contribution in [0.1, 0.15) is 63.3 Å². The number of aliphatic carboxylic acids is 1. The highest BCUT2D eigenvalue weighted by Gasteiger charge is 2.65. The van der Waals surface area contributed by atoms with Crippen molar-refractivity contribution in [3.63, 3.8) is 0 Å². The Balaban J connectivity index is 1.16. The van der Waals surface area contributed by atoms with E-state index in [1.165, 1.54) is 26.2 Å². The summed E-state index contributed by atoms with van der Waals surface area (Å²) in [5, 5.41) is 30.1. The number of rotatable bonds is 12. The number of hydrogen-bond acceptors (Lipinski definition) is 14. The molecule has 1 aromatic carbocycles. The minimum atomic E-state index is -5.03. The van der Waals surface area contributed by atoms with Gasteiger partial charge in [-0.05, 0) is 82.1 Å². The van der Waals surface area contributed by atoms with Gasteiger partial charge in [0, 0.05) is 23.0 Å². The molecule has 3 unspecified atom stereocenters. The third-order valence-electron chi connectivity index (χ3n) is 9.58. The lowest BCUT2D eigenvalue weighted by Gasteiger charge is -2.69. The minimum absolute atomic E-state index is 0.0200. The largest absolute Gasteiger partial charge is 0.485 e. The molecule has 3 aliphatic carbocycles. The van der Waals surface area contributed by atoms with Gasteiger partial charge in [-0.25, -0.2) is 9.78 Å². The maximum atomic E-state index is 13.4. The van der Waals surface area contributed by atoms with Gasteiger partial charge in [0.2, 0.25) is 0 Å². The number of aromatic nitrogens is 1. The fraction of sp³-hybridized carbons (Fsp3) is 0.517. The zero-order valence-electron chi connectivity index (χ0n) is 26.7. The number of aryl methyl sites for hydroxylation is 1. The highest BCUT2D eigenvalue weighted by atomic mass is 32.3. The number of carboxylic acid groups (broad SMARTS) is 1. The number of β-lactam (4-membered cyclic amide) rings is 1. The van der Waals surface area contributed by atoms with Gasteiger partial charge in [0.1, 0.15) is 23.3 Å². The van der Waals surface area contributed by atoms with E-state index in [0.717, 1.165) is 36.2 Å². The van der Waals surface area contributed by atoms with Crippen LogP contribution in [-0.4, -0.2) is 92.8 Å². The van der Waals surface area contributed by atoms with Gasteiger partial charge < -0.3 is 36.8 Å². The number of nitrogen functional groups attached to an aromatic ring is 1. The second kappa shape index (κ2) is 11.6. The standard InChI is InChI=1S/C29H36N8O10S2/c1-26(2)20(23(39)37(26)47-49(42,43)44)35-22(38)19(16-9-48-25(31)34-16)36-46-27(3,24(40)41)18-7-5-14-8-15(4-6-17(14)45-18)21(30)33-13-28-10-29(32,11-28)12-28/h4,6,8-9,18,20H,5,7,10-13,32H2,1-3H3,(H2,30,33)(H2,31,34)(H,35,38)(H,40,41)(H,42,43,44). The number of nitrogens with zero attached hydrogens (tertiary/aromatic N) is 3. The summed E-state index contributed by atoms with van der Waals surface area (Å²) >= 11 is 0.964. The van der Waals surface area contributed by atoms with Crippen molar-refractivity contribution in [1.29, 1.82) is 5.41 Å². The average molecular weight is 721 g/mol. The van der Waals surface area contributed by atoms with Gasteiger partial charge in [-0.3, -0.25) is 19.6 Å². The number of carbonyl (C=O) groups is 3. The Labute approximate surface area is 284 Å². The van der Waals surface area contributed by atoms with E-state index in [0.29, 0.717) is 29.3 Å². The number of carbonyl (C=O) groups excluding carboxylic acids is 2. The Morgan fingerprint density at radius 2 is 2.00 bits per heavy atom. The van der Waals surface area contributed by atoms with Crippen LogP contribution in [0.25, 0.3) is 0 Å². The van der Waals surface area contributed by atoms with E-state index in [-0.39, 0.29) is 34.0 Å². The first kappa shape index (κ1) is 34.5. The molecule has 2 bridgehead atoms. The van der Waals surface area contributed by atoms with Crippen molar-refractivity contribution in [2.24, 2.45) is 16.3 Å². The van der Waals surface area contributed by atoms with E-state index in [4.69, 9.17) is 31.0 Å². The van der Waals surface area contributed by atoms with Crippen LogP contribution in [0.3, 0.4) is 0 Å². The number of hydrogen-bond donors (Lipinski definition) is 7. The molecule has 20 heteroatoms. The number of hydroxylamine groups is 2. The summed E-state index contributed by atoms with van der Waals surface area (Å²) < 4.78 is 41.7. The second-order valence-corrected chi connectivity index (χ2v) is 15.7. The highest BCUT2D eigenvalue weighted by molar-refractivity contribution is 7.80. The molecule has 264 valence electrons. The molecule has 1 saturated heterocycles. The molecule has 4 fully saturated rings. The quantitative estimate of drug-likeness (QED) is 0.0511. The van der Waals surface area contributed by atoms with Crippen LogP contribution >= 0.6 is 11.3 Å². The number of anilines is 1. The third kappa shape index (κ3) is 6.29. The van der Waals surface area contributed by atoms with Gasteiger partial charge in [0.25, 0.3) is 17.4 Å². The Bertz CT molecular complexity index is 1880. The van der Waals surface area contributed by atoms with E-state index in [1.54, 1.807) is 12.1 Å². The van der Waals surface area contributed by atoms with Crippen molar-refractivity contribution in [2.75, 3.05) is 12.3 Å². The Kier molecular flexibility index (Phi) is 8.17. The van der Waals surface area contributed by atoms with Crippen molar-refractivity contribution in [3.05, 3.63) is 40.4 Å². The van der Waals surface area contributed by atoms with Crippen molar-refractivity contribution in [2.45, 2.75) is 81.7 Å². The van der Waals surface area contributed by atoms with Crippen molar-refractivity contribution >= 4 is 56.2 Å². The summed E-state index contributed by atoms with van der Waals surface area (Å²) in [7, 11) is -5.03. The predicted molar refractivity (Wildman–Crippen MR) is 173 cm³/mol. The number of nitrogens with two attached hydrogens (primary N) is 2. The smallest absolute Gasteiger partial charge is 0.418 e. The summed E-state index contributed by atoms with van der Waals surface area (Å²) in [4.78, 5) is 48.3. The molecule has 3 heterocycles. The lowest BCUT2D eigenvalue weighted by molar-refractivity contribution is -0.218. The second-order valence-electron chi connectivity index (χ2n) is 13.8. The maximum absolute atomic E-state index is 13.4. The third-order valence-corrected chi connectivity index (χ3v) is 10.6. The number of amidine groups is 1. The molecule has 18 nitrogen and oxygen atoms in total. The van der Waals surface area contributed by atoms with Crippen LogP contribution in [-0.2, 0) is 40.3 Å². The summed E-state index contributed by atoms with van der Waals surface area (Å²) in [6.07, 6.45) is 2.41. The Hall–Kier alpha value is -4.37. The highest BCUT2D eigenvalue weighted by Crippen LogP contribution is 2.65. The van der Waals surface area contributed by atoms with Crippen molar-refractivity contribution < 1.29 is 46.3 Å². The number of fused-ring (bicyclic) bond motifs is 1. The lowest BCUT2D eigenvalue weighted by Crippen LogP contribution is -2.76. The molecule has 49 heavy (non-hydrogen) atoms. The molecule has 2 amide bonds. The molecule has 2 aliphatic heterocycles. The number of amides is 2. The van der Waals surface area contributed by atoms with Crippen molar-refractivity contribution in [1.82, 2.24) is 20.7 Å². The topological polar surface area (TPSA) is 282 Å².